The summed E-state index contributed by atoms with van der Waals surface area (Å²) in [6.45, 7) is 1.94. The van der Waals surface area contributed by atoms with Gasteiger partial charge in [-0.3, -0.25) is 0 Å². The van der Waals surface area contributed by atoms with Crippen molar-refractivity contribution in [3.05, 3.63) is 64.9 Å². The maximum atomic E-state index is 5.45. The Balaban J connectivity index is 1.48. The minimum Gasteiger partial charge on any atom is -0.497 e. The number of thiazole rings is 1. The SMILES string of the molecule is COc1ccc2c(c1)C(Nc1cc(-c3ccc4ncsc4c3)nc(C)n1)CCC2. The molecule has 1 aliphatic rings. The van der Waals surface area contributed by atoms with Gasteiger partial charge in [0.05, 0.1) is 34.6 Å². The zero-order chi connectivity index (χ0) is 19.8. The molecule has 5 nitrogen and oxygen atoms in total. The Morgan fingerprint density at radius 1 is 1.10 bits per heavy atom. The second kappa shape index (κ2) is 7.44. The van der Waals surface area contributed by atoms with Crippen molar-refractivity contribution in [1.82, 2.24) is 15.0 Å². The van der Waals surface area contributed by atoms with Crippen LogP contribution in [0.1, 0.15) is 35.8 Å². The Hall–Kier alpha value is -2.99. The first-order valence-corrected chi connectivity index (χ1v) is 10.7. The number of nitrogens with zero attached hydrogens (tertiary/aromatic N) is 3. The molecule has 0 saturated carbocycles. The zero-order valence-corrected chi connectivity index (χ0v) is 17.3. The van der Waals surface area contributed by atoms with Crippen molar-refractivity contribution in [2.45, 2.75) is 32.2 Å². The van der Waals surface area contributed by atoms with Gasteiger partial charge in [-0.1, -0.05) is 12.1 Å². The molecule has 4 aromatic rings. The van der Waals surface area contributed by atoms with Crippen molar-refractivity contribution < 1.29 is 4.74 Å². The van der Waals surface area contributed by atoms with E-state index in [-0.39, 0.29) is 6.04 Å². The van der Waals surface area contributed by atoms with E-state index >= 15 is 0 Å². The molecule has 2 heterocycles. The molecule has 0 radical (unpaired) electrons. The lowest BCUT2D eigenvalue weighted by atomic mass is 9.87. The second-order valence-corrected chi connectivity index (χ2v) is 8.26. The van der Waals surface area contributed by atoms with E-state index in [1.165, 1.54) is 15.8 Å². The van der Waals surface area contributed by atoms with Crippen LogP contribution in [0, 0.1) is 6.92 Å². The lowest BCUT2D eigenvalue weighted by molar-refractivity contribution is 0.413. The van der Waals surface area contributed by atoms with Crippen molar-refractivity contribution in [1.29, 1.82) is 0 Å². The van der Waals surface area contributed by atoms with Crippen molar-refractivity contribution in [2.24, 2.45) is 0 Å². The number of ether oxygens (including phenoxy) is 1. The number of methoxy groups -OCH3 is 1. The van der Waals surface area contributed by atoms with Gasteiger partial charge in [0.25, 0.3) is 0 Å². The van der Waals surface area contributed by atoms with Crippen LogP contribution >= 0.6 is 11.3 Å². The molecule has 0 aliphatic heterocycles. The third kappa shape index (κ3) is 3.56. The van der Waals surface area contributed by atoms with Gasteiger partial charge >= 0.3 is 0 Å². The maximum absolute atomic E-state index is 5.45. The molecule has 0 spiro atoms. The zero-order valence-electron chi connectivity index (χ0n) is 16.5. The summed E-state index contributed by atoms with van der Waals surface area (Å²) in [5, 5.41) is 3.66. The summed E-state index contributed by atoms with van der Waals surface area (Å²) in [5.41, 5.74) is 7.60. The maximum Gasteiger partial charge on any atom is 0.130 e. The van der Waals surface area contributed by atoms with Gasteiger partial charge in [-0.2, -0.15) is 0 Å². The summed E-state index contributed by atoms with van der Waals surface area (Å²) in [6.07, 6.45) is 3.35. The quantitative estimate of drug-likeness (QED) is 0.484. The molecule has 0 saturated heterocycles. The summed E-state index contributed by atoms with van der Waals surface area (Å²) in [7, 11) is 1.72. The van der Waals surface area contributed by atoms with Gasteiger partial charge in [-0.15, -0.1) is 11.3 Å². The van der Waals surface area contributed by atoms with E-state index in [1.54, 1.807) is 18.4 Å². The Kier molecular flexibility index (Phi) is 4.64. The molecule has 0 amide bonds. The Morgan fingerprint density at radius 2 is 2.03 bits per heavy atom. The Morgan fingerprint density at radius 3 is 2.93 bits per heavy atom. The molecule has 29 heavy (non-hydrogen) atoms. The highest BCUT2D eigenvalue weighted by Gasteiger charge is 2.21. The molecule has 5 rings (SSSR count). The largest absolute Gasteiger partial charge is 0.497 e. The van der Waals surface area contributed by atoms with Gasteiger partial charge < -0.3 is 10.1 Å². The average molecular weight is 403 g/mol. The molecule has 1 aliphatic carbocycles. The first kappa shape index (κ1) is 18.1. The molecule has 1 atom stereocenters. The standard InChI is InChI=1S/C23H22N4OS/c1-14-25-21(16-7-9-20-22(10-16)29-13-24-20)12-23(26-14)27-19-5-3-4-15-6-8-17(28-2)11-18(15)19/h6-13,19H,3-5H2,1-2H3,(H,25,26,27). The molecule has 2 aromatic carbocycles. The minimum absolute atomic E-state index is 0.222. The first-order valence-electron chi connectivity index (χ1n) is 9.82. The van der Waals surface area contributed by atoms with Crippen LogP contribution in [0.3, 0.4) is 0 Å². The Bertz CT molecular complexity index is 1190. The van der Waals surface area contributed by atoms with Crippen LogP contribution in [-0.4, -0.2) is 22.1 Å². The number of aryl methyl sites for hydroxylation is 2. The van der Waals surface area contributed by atoms with Crippen LogP contribution in [-0.2, 0) is 6.42 Å². The third-order valence-corrected chi connectivity index (χ3v) is 6.25. The average Bonchev–Trinajstić information content (AvgIpc) is 3.21. The van der Waals surface area contributed by atoms with Gasteiger partial charge in [-0.05, 0) is 61.6 Å². The predicted molar refractivity (Wildman–Crippen MR) is 118 cm³/mol. The number of nitrogens with one attached hydrogen (secondary N) is 1. The van der Waals surface area contributed by atoms with Gasteiger partial charge in [0.15, 0.2) is 0 Å². The topological polar surface area (TPSA) is 59.9 Å². The van der Waals surface area contributed by atoms with E-state index in [2.05, 4.69) is 50.6 Å². The molecule has 0 fully saturated rings. The van der Waals surface area contributed by atoms with E-state index in [9.17, 15) is 0 Å². The van der Waals surface area contributed by atoms with Gasteiger partial charge in [0, 0.05) is 11.6 Å². The summed E-state index contributed by atoms with van der Waals surface area (Å²) in [5.74, 6) is 2.52. The number of fused-ring (bicyclic) bond motifs is 2. The molecular weight excluding hydrogens is 380 g/mol. The predicted octanol–water partition coefficient (Wildman–Crippen LogP) is 5.56. The third-order valence-electron chi connectivity index (χ3n) is 5.45. The normalized spacial score (nSPS) is 15.9. The highest BCUT2D eigenvalue weighted by molar-refractivity contribution is 7.16. The fourth-order valence-corrected chi connectivity index (χ4v) is 4.75. The number of aromatic nitrogens is 3. The summed E-state index contributed by atoms with van der Waals surface area (Å²) in [4.78, 5) is 13.7. The number of rotatable bonds is 4. The smallest absolute Gasteiger partial charge is 0.130 e. The number of anilines is 1. The van der Waals surface area contributed by atoms with Crippen LogP contribution in [0.5, 0.6) is 5.75 Å². The van der Waals surface area contributed by atoms with Gasteiger partial charge in [0.2, 0.25) is 0 Å². The van der Waals surface area contributed by atoms with Crippen molar-refractivity contribution >= 4 is 27.4 Å². The van der Waals surface area contributed by atoms with E-state index < -0.39 is 0 Å². The van der Waals surface area contributed by atoms with E-state index in [4.69, 9.17) is 4.74 Å². The lowest BCUT2D eigenvalue weighted by Crippen LogP contribution is -2.18. The molecule has 1 unspecified atom stereocenters. The highest BCUT2D eigenvalue weighted by atomic mass is 32.1. The molecule has 6 heteroatoms. The highest BCUT2D eigenvalue weighted by Crippen LogP contribution is 2.35. The van der Waals surface area contributed by atoms with Crippen LogP contribution in [0.15, 0.2) is 48.0 Å². The fraction of sp³-hybridized carbons (Fsp3) is 0.261. The van der Waals surface area contributed by atoms with E-state index in [0.29, 0.717) is 0 Å². The minimum atomic E-state index is 0.222. The Labute approximate surface area is 173 Å². The second-order valence-electron chi connectivity index (χ2n) is 7.37. The van der Waals surface area contributed by atoms with Crippen molar-refractivity contribution in [2.75, 3.05) is 12.4 Å². The number of benzene rings is 2. The van der Waals surface area contributed by atoms with Crippen LogP contribution < -0.4 is 10.1 Å². The van der Waals surface area contributed by atoms with Crippen LogP contribution in [0.4, 0.5) is 5.82 Å². The summed E-state index contributed by atoms with van der Waals surface area (Å²) >= 11 is 1.65. The fourth-order valence-electron chi connectivity index (χ4n) is 4.04. The monoisotopic (exact) mass is 402 g/mol. The molecule has 146 valence electrons. The van der Waals surface area contributed by atoms with E-state index in [0.717, 1.165) is 53.4 Å². The lowest BCUT2D eigenvalue weighted by Gasteiger charge is -2.27. The molecular formula is C23H22N4OS. The number of hydrogen-bond acceptors (Lipinski definition) is 6. The van der Waals surface area contributed by atoms with Crippen LogP contribution in [0.2, 0.25) is 0 Å². The molecule has 0 bridgehead atoms. The van der Waals surface area contributed by atoms with Gasteiger partial charge in [-0.25, -0.2) is 15.0 Å². The van der Waals surface area contributed by atoms with Crippen molar-refractivity contribution in [3.63, 3.8) is 0 Å². The number of hydrogen-bond donors (Lipinski definition) is 1. The molecule has 2 aromatic heterocycles. The van der Waals surface area contributed by atoms with E-state index in [1.807, 2.05) is 24.6 Å². The van der Waals surface area contributed by atoms with Crippen molar-refractivity contribution in [3.8, 4) is 17.0 Å². The summed E-state index contributed by atoms with van der Waals surface area (Å²) < 4.78 is 6.61. The first-order chi connectivity index (χ1) is 14.2. The summed E-state index contributed by atoms with van der Waals surface area (Å²) in [6, 6.07) is 14.9. The van der Waals surface area contributed by atoms with Gasteiger partial charge in [0.1, 0.15) is 17.4 Å². The van der Waals surface area contributed by atoms with Crippen LogP contribution in [0.25, 0.3) is 21.5 Å². The molecule has 1 N–H and O–H groups in total.